The van der Waals surface area contributed by atoms with Crippen molar-refractivity contribution in [1.82, 2.24) is 10.2 Å². The van der Waals surface area contributed by atoms with Crippen molar-refractivity contribution in [3.8, 4) is 6.07 Å². The van der Waals surface area contributed by atoms with E-state index in [0.717, 1.165) is 52.9 Å². The fraction of sp³-hybridized carbons (Fsp3) is 0.367. The Morgan fingerprint density at radius 3 is 2.26 bits per heavy atom. The molecule has 0 spiro atoms. The molecule has 2 unspecified atom stereocenters. The summed E-state index contributed by atoms with van der Waals surface area (Å²) >= 11 is 0. The predicted molar refractivity (Wildman–Crippen MR) is 149 cm³/mol. The third-order valence-electron chi connectivity index (χ3n) is 7.94. The van der Waals surface area contributed by atoms with Gasteiger partial charge in [-0.25, -0.2) is 0 Å². The topological polar surface area (TPSA) is 151 Å². The lowest BCUT2D eigenvalue weighted by Gasteiger charge is -2.36. The molecule has 1 saturated heterocycles. The molecule has 0 bridgehead atoms. The number of nitrogens with zero attached hydrogens (tertiary/aromatic N) is 2. The third-order valence-corrected chi connectivity index (χ3v) is 7.94. The van der Waals surface area contributed by atoms with Gasteiger partial charge < -0.3 is 27.4 Å². The number of fused-ring (bicyclic) bond motifs is 2. The standard InChI is InChI=1S/C30H36N6O2/c1-18(35-17-19(2)36-12-4-5-25(36)16-31)15-30(29(34)38)26-10-8-21(20(3)32)13-22(26)6-7-23-14-24(28(33)37)9-11-27(23)30/h8-11,13-14,18,25,35H,2-7,12,15,17,32H2,1H3,(H2,33,37)(H2,34,38)/t18-,25?,30?/m1/s1. The van der Waals surface area contributed by atoms with E-state index in [9.17, 15) is 14.9 Å². The lowest BCUT2D eigenvalue weighted by molar-refractivity contribution is -0.122. The van der Waals surface area contributed by atoms with Crippen molar-refractivity contribution in [2.24, 2.45) is 17.2 Å². The summed E-state index contributed by atoms with van der Waals surface area (Å²) in [6, 6.07) is 13.1. The summed E-state index contributed by atoms with van der Waals surface area (Å²) < 4.78 is 0. The van der Waals surface area contributed by atoms with E-state index in [2.05, 4.69) is 24.5 Å². The van der Waals surface area contributed by atoms with Crippen LogP contribution >= 0.6 is 0 Å². The SMILES string of the molecule is C=C(N)c1ccc2c(c1)CCc1cc(C(N)=O)ccc1C2(C[C@@H](C)NCC(=C)N1CCCC1C#N)C(N)=O. The van der Waals surface area contributed by atoms with Crippen molar-refractivity contribution in [3.63, 3.8) is 0 Å². The van der Waals surface area contributed by atoms with Gasteiger partial charge in [0, 0.05) is 36.1 Å². The highest BCUT2D eigenvalue weighted by molar-refractivity contribution is 5.95. The molecule has 0 radical (unpaired) electrons. The number of hydrogen-bond acceptors (Lipinski definition) is 6. The summed E-state index contributed by atoms with van der Waals surface area (Å²) in [4.78, 5) is 27.6. The summed E-state index contributed by atoms with van der Waals surface area (Å²) in [5.41, 5.74) is 22.6. The minimum Gasteiger partial charge on any atom is -0.399 e. The van der Waals surface area contributed by atoms with E-state index >= 15 is 0 Å². The number of carbonyl (C=O) groups excluding carboxylic acids is 2. The first kappa shape index (κ1) is 27.0. The highest BCUT2D eigenvalue weighted by Gasteiger charge is 2.45. The number of nitriles is 1. The van der Waals surface area contributed by atoms with Crippen LogP contribution in [0.1, 0.15) is 64.4 Å². The van der Waals surface area contributed by atoms with E-state index in [1.807, 2.05) is 36.1 Å². The number of likely N-dealkylation sites (tertiary alicyclic amines) is 1. The van der Waals surface area contributed by atoms with Gasteiger partial charge in [0.2, 0.25) is 11.8 Å². The first-order chi connectivity index (χ1) is 18.1. The fourth-order valence-corrected chi connectivity index (χ4v) is 5.99. The first-order valence-electron chi connectivity index (χ1n) is 13.0. The number of primary amides is 2. The Morgan fingerprint density at radius 2 is 1.71 bits per heavy atom. The van der Waals surface area contributed by atoms with E-state index in [1.54, 1.807) is 12.1 Å². The van der Waals surface area contributed by atoms with Gasteiger partial charge in [-0.2, -0.15) is 5.26 Å². The number of nitrogens with one attached hydrogen (secondary N) is 1. The molecule has 2 aromatic rings. The lowest BCUT2D eigenvalue weighted by atomic mass is 9.68. The van der Waals surface area contributed by atoms with Gasteiger partial charge in [0.05, 0.1) is 6.07 Å². The second-order valence-corrected chi connectivity index (χ2v) is 10.4. The van der Waals surface area contributed by atoms with Gasteiger partial charge in [0.15, 0.2) is 0 Å². The molecule has 3 atom stereocenters. The van der Waals surface area contributed by atoms with E-state index < -0.39 is 17.2 Å². The van der Waals surface area contributed by atoms with Gasteiger partial charge in [-0.15, -0.1) is 0 Å². The average molecular weight is 513 g/mol. The average Bonchev–Trinajstić information content (AvgIpc) is 3.33. The second kappa shape index (κ2) is 10.7. The van der Waals surface area contributed by atoms with Crippen LogP contribution in [0.2, 0.25) is 0 Å². The highest BCUT2D eigenvalue weighted by Crippen LogP contribution is 2.44. The molecule has 2 aliphatic rings. The Kier molecular flexibility index (Phi) is 7.61. The summed E-state index contributed by atoms with van der Waals surface area (Å²) in [7, 11) is 0. The molecule has 38 heavy (non-hydrogen) atoms. The number of rotatable bonds is 9. The van der Waals surface area contributed by atoms with Crippen molar-refractivity contribution in [1.29, 1.82) is 5.26 Å². The zero-order valence-corrected chi connectivity index (χ0v) is 21.9. The van der Waals surface area contributed by atoms with Gasteiger partial charge in [0.25, 0.3) is 0 Å². The molecular weight excluding hydrogens is 476 g/mol. The molecule has 0 aromatic heterocycles. The Balaban J connectivity index is 1.74. The van der Waals surface area contributed by atoms with Crippen LogP contribution in [-0.4, -0.2) is 41.9 Å². The molecule has 1 fully saturated rings. The zero-order valence-electron chi connectivity index (χ0n) is 21.9. The van der Waals surface area contributed by atoms with Crippen LogP contribution in [0.3, 0.4) is 0 Å². The van der Waals surface area contributed by atoms with E-state index in [1.165, 1.54) is 0 Å². The van der Waals surface area contributed by atoms with E-state index in [-0.39, 0.29) is 12.1 Å². The Bertz CT molecular complexity index is 1280. The number of benzene rings is 2. The number of aryl methyl sites for hydroxylation is 2. The molecule has 8 nitrogen and oxygen atoms in total. The Hall–Kier alpha value is -4.09. The van der Waals surface area contributed by atoms with Crippen LogP contribution in [0, 0.1) is 11.3 Å². The highest BCUT2D eigenvalue weighted by atomic mass is 16.1. The van der Waals surface area contributed by atoms with Gasteiger partial charge in [-0.3, -0.25) is 9.59 Å². The first-order valence-corrected chi connectivity index (χ1v) is 13.0. The predicted octanol–water partition coefficient (Wildman–Crippen LogP) is 2.45. The smallest absolute Gasteiger partial charge is 0.248 e. The molecule has 8 heteroatoms. The summed E-state index contributed by atoms with van der Waals surface area (Å²) in [6.07, 6.45) is 3.45. The van der Waals surface area contributed by atoms with Crippen LogP contribution < -0.4 is 22.5 Å². The molecule has 2 amide bonds. The van der Waals surface area contributed by atoms with Crippen molar-refractivity contribution < 1.29 is 9.59 Å². The molecule has 7 N–H and O–H groups in total. The largest absolute Gasteiger partial charge is 0.399 e. The van der Waals surface area contributed by atoms with Gasteiger partial charge >= 0.3 is 0 Å². The number of carbonyl (C=O) groups is 2. The van der Waals surface area contributed by atoms with Crippen LogP contribution in [0.4, 0.5) is 0 Å². The molecule has 4 rings (SSSR count). The monoisotopic (exact) mass is 512 g/mol. The summed E-state index contributed by atoms with van der Waals surface area (Å²) in [5, 5.41) is 13.0. The maximum absolute atomic E-state index is 13.6. The molecule has 0 saturated carbocycles. The van der Waals surface area contributed by atoms with E-state index in [0.29, 0.717) is 37.1 Å². The lowest BCUT2D eigenvalue weighted by Crippen LogP contribution is -2.48. The summed E-state index contributed by atoms with van der Waals surface area (Å²) in [6.45, 7) is 11.4. The minimum atomic E-state index is -1.15. The van der Waals surface area contributed by atoms with Crippen molar-refractivity contribution in [3.05, 3.63) is 88.6 Å². The van der Waals surface area contributed by atoms with Crippen molar-refractivity contribution in [2.45, 2.75) is 56.5 Å². The number of hydrogen-bond donors (Lipinski definition) is 4. The van der Waals surface area contributed by atoms with Crippen LogP contribution in [0.15, 0.2) is 55.3 Å². The van der Waals surface area contributed by atoms with Crippen molar-refractivity contribution in [2.75, 3.05) is 13.1 Å². The van der Waals surface area contributed by atoms with Crippen LogP contribution in [-0.2, 0) is 23.1 Å². The summed E-state index contributed by atoms with van der Waals surface area (Å²) in [5.74, 6) is -0.989. The molecule has 1 aliphatic carbocycles. The van der Waals surface area contributed by atoms with Crippen LogP contribution in [0.5, 0.6) is 0 Å². The van der Waals surface area contributed by atoms with Gasteiger partial charge in [0.1, 0.15) is 11.5 Å². The molecular formula is C30H36N6O2. The minimum absolute atomic E-state index is 0.138. The molecule has 1 heterocycles. The maximum atomic E-state index is 13.6. The molecule has 198 valence electrons. The molecule has 2 aromatic carbocycles. The number of nitrogens with two attached hydrogens (primary N) is 3. The second-order valence-electron chi connectivity index (χ2n) is 10.4. The normalized spacial score (nSPS) is 20.9. The van der Waals surface area contributed by atoms with Gasteiger partial charge in [-0.05, 0) is 85.0 Å². The Morgan fingerprint density at radius 1 is 1.11 bits per heavy atom. The van der Waals surface area contributed by atoms with Crippen LogP contribution in [0.25, 0.3) is 5.70 Å². The van der Waals surface area contributed by atoms with Crippen molar-refractivity contribution >= 4 is 17.5 Å². The maximum Gasteiger partial charge on any atom is 0.248 e. The fourth-order valence-electron chi connectivity index (χ4n) is 5.99. The van der Waals surface area contributed by atoms with E-state index in [4.69, 9.17) is 17.2 Å². The quantitative estimate of drug-likeness (QED) is 0.405. The third kappa shape index (κ3) is 4.90. The molecule has 1 aliphatic heterocycles. The number of amides is 2. The zero-order chi connectivity index (χ0) is 27.6. The van der Waals surface area contributed by atoms with Gasteiger partial charge in [-0.1, -0.05) is 31.4 Å². The Labute approximate surface area is 224 Å².